The molecule has 0 aliphatic carbocycles. The van der Waals surface area contributed by atoms with Crippen LogP contribution in [0.25, 0.3) is 11.4 Å². The lowest BCUT2D eigenvalue weighted by Crippen LogP contribution is -2.40. The monoisotopic (exact) mass is 345 g/mol. The van der Waals surface area contributed by atoms with Gasteiger partial charge in [0.15, 0.2) is 5.82 Å². The van der Waals surface area contributed by atoms with Crippen molar-refractivity contribution in [3.8, 4) is 11.4 Å². The number of aromatic amines is 1. The average Bonchev–Trinajstić information content (AvgIpc) is 3.05. The second-order valence-corrected chi connectivity index (χ2v) is 7.69. The molecule has 5 nitrogen and oxygen atoms in total. The highest BCUT2D eigenvalue weighted by molar-refractivity contribution is 7.20. The van der Waals surface area contributed by atoms with Crippen LogP contribution in [0, 0.1) is 5.92 Å². The number of H-pyrrole nitrogens is 1. The van der Waals surface area contributed by atoms with Crippen molar-refractivity contribution in [3.05, 3.63) is 14.7 Å². The summed E-state index contributed by atoms with van der Waals surface area (Å²) in [7, 11) is 0. The van der Waals surface area contributed by atoms with Crippen molar-refractivity contribution in [2.24, 2.45) is 11.7 Å². The maximum absolute atomic E-state index is 6.15. The minimum Gasteiger partial charge on any atom is -0.340 e. The Bertz CT molecular complexity index is 616. The second kappa shape index (κ2) is 6.12. The lowest BCUT2D eigenvalue weighted by atomic mass is 9.91. The zero-order chi connectivity index (χ0) is 15.0. The van der Waals surface area contributed by atoms with E-state index in [4.69, 9.17) is 28.9 Å². The average molecular weight is 346 g/mol. The van der Waals surface area contributed by atoms with Crippen LogP contribution in [-0.4, -0.2) is 34.3 Å². The summed E-state index contributed by atoms with van der Waals surface area (Å²) in [5, 5.41) is 7.24. The van der Waals surface area contributed by atoms with Gasteiger partial charge in [0.2, 0.25) is 5.95 Å². The molecule has 0 amide bonds. The predicted molar refractivity (Wildman–Crippen MR) is 88.3 cm³/mol. The van der Waals surface area contributed by atoms with E-state index in [9.17, 15) is 0 Å². The van der Waals surface area contributed by atoms with E-state index in [2.05, 4.69) is 27.0 Å². The van der Waals surface area contributed by atoms with E-state index in [1.807, 2.05) is 0 Å². The normalized spacial score (nSPS) is 18.2. The summed E-state index contributed by atoms with van der Waals surface area (Å²) in [6, 6.07) is 2.06. The highest BCUT2D eigenvalue weighted by Crippen LogP contribution is 2.37. The number of piperidine rings is 1. The molecule has 0 saturated carbocycles. The Morgan fingerprint density at radius 3 is 2.71 bits per heavy atom. The van der Waals surface area contributed by atoms with Crippen molar-refractivity contribution in [1.29, 1.82) is 0 Å². The largest absolute Gasteiger partial charge is 0.340 e. The fourth-order valence-electron chi connectivity index (χ4n) is 2.64. The van der Waals surface area contributed by atoms with Gasteiger partial charge in [-0.1, -0.05) is 23.2 Å². The van der Waals surface area contributed by atoms with Gasteiger partial charge in [0, 0.05) is 24.7 Å². The number of nitrogens with two attached hydrogens (primary N) is 1. The van der Waals surface area contributed by atoms with Gasteiger partial charge in [-0.25, -0.2) is 0 Å². The van der Waals surface area contributed by atoms with Crippen LogP contribution in [0.4, 0.5) is 5.95 Å². The fourth-order valence-corrected chi connectivity index (χ4v) is 4.11. The van der Waals surface area contributed by atoms with Crippen LogP contribution in [0.5, 0.6) is 0 Å². The minimum atomic E-state index is 0.251. The molecule has 1 fully saturated rings. The number of anilines is 1. The van der Waals surface area contributed by atoms with E-state index < -0.39 is 0 Å². The van der Waals surface area contributed by atoms with Gasteiger partial charge in [0.25, 0.3) is 0 Å². The van der Waals surface area contributed by atoms with Crippen LogP contribution < -0.4 is 10.6 Å². The van der Waals surface area contributed by atoms with Gasteiger partial charge in [-0.2, -0.15) is 4.98 Å². The summed E-state index contributed by atoms with van der Waals surface area (Å²) in [5.74, 6) is 1.96. The zero-order valence-electron chi connectivity index (χ0n) is 11.6. The number of nitrogens with zero attached hydrogens (tertiary/aromatic N) is 3. The summed E-state index contributed by atoms with van der Waals surface area (Å²) in [5.41, 5.74) is 6.77. The van der Waals surface area contributed by atoms with Crippen molar-refractivity contribution in [1.82, 2.24) is 15.2 Å². The van der Waals surface area contributed by atoms with E-state index in [-0.39, 0.29) is 6.04 Å². The Labute approximate surface area is 137 Å². The maximum Gasteiger partial charge on any atom is 0.245 e. The van der Waals surface area contributed by atoms with E-state index in [0.29, 0.717) is 26.4 Å². The van der Waals surface area contributed by atoms with Crippen LogP contribution in [-0.2, 0) is 0 Å². The van der Waals surface area contributed by atoms with Crippen molar-refractivity contribution in [3.63, 3.8) is 0 Å². The van der Waals surface area contributed by atoms with Crippen LogP contribution in [0.2, 0.25) is 8.67 Å². The first kappa shape index (κ1) is 15.1. The molecule has 21 heavy (non-hydrogen) atoms. The third-order valence-corrected chi connectivity index (χ3v) is 5.44. The van der Waals surface area contributed by atoms with Crippen molar-refractivity contribution in [2.45, 2.75) is 25.8 Å². The Morgan fingerprint density at radius 2 is 2.14 bits per heavy atom. The lowest BCUT2D eigenvalue weighted by Gasteiger charge is -2.32. The van der Waals surface area contributed by atoms with E-state index >= 15 is 0 Å². The number of rotatable bonds is 3. The Morgan fingerprint density at radius 1 is 1.43 bits per heavy atom. The first-order chi connectivity index (χ1) is 10.0. The number of hydrogen-bond acceptors (Lipinski definition) is 5. The molecule has 3 heterocycles. The number of thiophene rings is 1. The molecule has 3 N–H and O–H groups in total. The predicted octanol–water partition coefficient (Wildman–Crippen LogP) is 3.40. The summed E-state index contributed by atoms with van der Waals surface area (Å²) in [4.78, 5) is 6.72. The molecule has 8 heteroatoms. The molecule has 1 unspecified atom stereocenters. The molecule has 114 valence electrons. The van der Waals surface area contributed by atoms with Crippen molar-refractivity contribution >= 4 is 40.5 Å². The van der Waals surface area contributed by atoms with Gasteiger partial charge < -0.3 is 10.6 Å². The quantitative estimate of drug-likeness (QED) is 0.894. The first-order valence-electron chi connectivity index (χ1n) is 6.92. The second-order valence-electron chi connectivity index (χ2n) is 5.41. The van der Waals surface area contributed by atoms with Gasteiger partial charge in [0.05, 0.1) is 4.34 Å². The summed E-state index contributed by atoms with van der Waals surface area (Å²) in [6.07, 6.45) is 2.15. The SMILES string of the molecule is CC(N)C1CCN(c2n[nH]c(-c3cc(Cl)sc3Cl)n2)CC1. The molecule has 1 saturated heterocycles. The molecule has 0 bridgehead atoms. The highest BCUT2D eigenvalue weighted by atomic mass is 35.5. The Hall–Kier alpha value is -0.820. The Balaban J connectivity index is 1.73. The molecule has 1 aliphatic heterocycles. The van der Waals surface area contributed by atoms with E-state index in [0.717, 1.165) is 31.5 Å². The summed E-state index contributed by atoms with van der Waals surface area (Å²) in [6.45, 7) is 3.94. The first-order valence-corrected chi connectivity index (χ1v) is 8.50. The van der Waals surface area contributed by atoms with Gasteiger partial charge in [-0.05, 0) is 31.7 Å². The zero-order valence-corrected chi connectivity index (χ0v) is 14.0. The van der Waals surface area contributed by atoms with Gasteiger partial charge >= 0.3 is 0 Å². The van der Waals surface area contributed by atoms with Crippen LogP contribution in [0.3, 0.4) is 0 Å². The topological polar surface area (TPSA) is 70.8 Å². The number of nitrogens with one attached hydrogen (secondary N) is 1. The molecular formula is C13H17Cl2N5S. The smallest absolute Gasteiger partial charge is 0.245 e. The molecule has 0 spiro atoms. The van der Waals surface area contributed by atoms with E-state index in [1.165, 1.54) is 11.3 Å². The minimum absolute atomic E-state index is 0.251. The third-order valence-electron chi connectivity index (χ3n) is 3.95. The summed E-state index contributed by atoms with van der Waals surface area (Å²) < 4.78 is 1.27. The van der Waals surface area contributed by atoms with Crippen LogP contribution >= 0.6 is 34.5 Å². The molecule has 0 aromatic carbocycles. The molecular weight excluding hydrogens is 329 g/mol. The van der Waals surface area contributed by atoms with Crippen molar-refractivity contribution < 1.29 is 0 Å². The molecule has 1 aliphatic rings. The van der Waals surface area contributed by atoms with Gasteiger partial charge in [-0.15, -0.1) is 16.4 Å². The lowest BCUT2D eigenvalue weighted by molar-refractivity contribution is 0.352. The standard InChI is InChI=1S/C13H17Cl2N5S/c1-7(16)8-2-4-20(5-3-8)13-17-12(18-19-13)9-6-10(14)21-11(9)15/h6-8H,2-5,16H2,1H3,(H,17,18,19). The molecule has 0 radical (unpaired) electrons. The fraction of sp³-hybridized carbons (Fsp3) is 0.538. The van der Waals surface area contributed by atoms with Gasteiger partial charge in [-0.3, -0.25) is 5.10 Å². The van der Waals surface area contributed by atoms with Crippen LogP contribution in [0.1, 0.15) is 19.8 Å². The number of hydrogen-bond donors (Lipinski definition) is 2. The summed E-state index contributed by atoms with van der Waals surface area (Å²) >= 11 is 13.4. The highest BCUT2D eigenvalue weighted by Gasteiger charge is 2.24. The maximum atomic E-state index is 6.15. The molecule has 2 aromatic heterocycles. The van der Waals surface area contributed by atoms with Gasteiger partial charge in [0.1, 0.15) is 4.34 Å². The number of aromatic nitrogens is 3. The number of halogens is 2. The van der Waals surface area contributed by atoms with E-state index in [1.54, 1.807) is 6.07 Å². The molecule has 1 atom stereocenters. The van der Waals surface area contributed by atoms with Crippen molar-refractivity contribution in [2.75, 3.05) is 18.0 Å². The Kier molecular flexibility index (Phi) is 4.40. The third kappa shape index (κ3) is 3.18. The van der Waals surface area contributed by atoms with Crippen LogP contribution in [0.15, 0.2) is 6.07 Å². The molecule has 3 rings (SSSR count). The molecule has 2 aromatic rings.